The van der Waals surface area contributed by atoms with Crippen molar-refractivity contribution < 1.29 is 9.47 Å². The highest BCUT2D eigenvalue weighted by molar-refractivity contribution is 5.39. The number of hydrogen-bond donors (Lipinski definition) is 1. The molecular weight excluding hydrogens is 180 g/mol. The molecule has 1 rings (SSSR count). The van der Waals surface area contributed by atoms with Gasteiger partial charge in [-0.25, -0.2) is 4.98 Å². The van der Waals surface area contributed by atoms with Gasteiger partial charge in [0.25, 0.3) is 0 Å². The first-order valence-electron chi connectivity index (χ1n) is 4.59. The molecule has 1 aromatic heterocycles. The van der Waals surface area contributed by atoms with Gasteiger partial charge in [0.15, 0.2) is 0 Å². The van der Waals surface area contributed by atoms with Gasteiger partial charge in [0.1, 0.15) is 0 Å². The van der Waals surface area contributed by atoms with E-state index in [0.29, 0.717) is 18.2 Å². The fraction of sp³-hybridized carbons (Fsp3) is 0.500. The topological polar surface area (TPSA) is 57.4 Å². The lowest BCUT2D eigenvalue weighted by Gasteiger charge is -2.09. The maximum Gasteiger partial charge on any atom is 0.215 e. The molecule has 0 aromatic carbocycles. The van der Waals surface area contributed by atoms with Crippen LogP contribution >= 0.6 is 0 Å². The highest BCUT2D eigenvalue weighted by Crippen LogP contribution is 2.10. The average Bonchev–Trinajstić information content (AvgIpc) is 2.17. The second-order valence-corrected chi connectivity index (χ2v) is 3.11. The molecule has 0 aliphatic heterocycles. The van der Waals surface area contributed by atoms with Gasteiger partial charge in [-0.15, -0.1) is 0 Å². The number of hydrogen-bond acceptors (Lipinski definition) is 4. The van der Waals surface area contributed by atoms with E-state index in [4.69, 9.17) is 15.2 Å². The minimum Gasteiger partial charge on any atom is -0.478 e. The highest BCUT2D eigenvalue weighted by Gasteiger charge is 2.00. The highest BCUT2D eigenvalue weighted by atomic mass is 16.5. The molecule has 1 atom stereocenters. The van der Waals surface area contributed by atoms with Gasteiger partial charge in [-0.3, -0.25) is 0 Å². The molecule has 0 radical (unpaired) electrons. The summed E-state index contributed by atoms with van der Waals surface area (Å²) in [5.41, 5.74) is 6.23. The van der Waals surface area contributed by atoms with E-state index in [0.717, 1.165) is 6.42 Å². The standard InChI is InChI=1S/C10H16N2O2/c1-8(13-2)4-6-14-10-7-9(11)3-5-12-10/h3,5,7-8H,4,6H2,1-2H3,(H2,11,12). The predicted molar refractivity (Wildman–Crippen MR) is 55.2 cm³/mol. The molecule has 4 heteroatoms. The molecule has 1 aromatic rings. The maximum absolute atomic E-state index is 5.57. The average molecular weight is 196 g/mol. The van der Waals surface area contributed by atoms with E-state index in [2.05, 4.69) is 4.98 Å². The van der Waals surface area contributed by atoms with Crippen molar-refractivity contribution >= 4 is 5.69 Å². The zero-order chi connectivity index (χ0) is 10.4. The van der Waals surface area contributed by atoms with Crippen molar-refractivity contribution in [1.29, 1.82) is 0 Å². The van der Waals surface area contributed by atoms with E-state index in [-0.39, 0.29) is 6.10 Å². The summed E-state index contributed by atoms with van der Waals surface area (Å²) in [6.07, 6.45) is 2.67. The Morgan fingerprint density at radius 2 is 2.36 bits per heavy atom. The molecule has 0 bridgehead atoms. The van der Waals surface area contributed by atoms with E-state index in [1.807, 2.05) is 6.92 Å². The molecular formula is C10H16N2O2. The second kappa shape index (κ2) is 5.44. The first-order chi connectivity index (χ1) is 6.72. The number of anilines is 1. The molecule has 0 saturated heterocycles. The van der Waals surface area contributed by atoms with Gasteiger partial charge in [-0.1, -0.05) is 0 Å². The van der Waals surface area contributed by atoms with E-state index in [1.54, 1.807) is 25.4 Å². The number of nitrogen functional groups attached to an aromatic ring is 1. The Morgan fingerprint density at radius 1 is 1.57 bits per heavy atom. The normalized spacial score (nSPS) is 12.4. The van der Waals surface area contributed by atoms with Crippen LogP contribution in [-0.2, 0) is 4.74 Å². The Balaban J connectivity index is 2.31. The van der Waals surface area contributed by atoms with Gasteiger partial charge in [0.2, 0.25) is 5.88 Å². The van der Waals surface area contributed by atoms with Crippen LogP contribution in [0.3, 0.4) is 0 Å². The quantitative estimate of drug-likeness (QED) is 0.774. The van der Waals surface area contributed by atoms with Gasteiger partial charge in [0.05, 0.1) is 12.7 Å². The lowest BCUT2D eigenvalue weighted by molar-refractivity contribution is 0.0948. The van der Waals surface area contributed by atoms with E-state index >= 15 is 0 Å². The molecule has 1 heterocycles. The molecule has 78 valence electrons. The van der Waals surface area contributed by atoms with Crippen LogP contribution in [0.1, 0.15) is 13.3 Å². The number of rotatable bonds is 5. The minimum absolute atomic E-state index is 0.205. The van der Waals surface area contributed by atoms with Crippen molar-refractivity contribution in [1.82, 2.24) is 4.98 Å². The lowest BCUT2D eigenvalue weighted by Crippen LogP contribution is -2.10. The van der Waals surface area contributed by atoms with Crippen molar-refractivity contribution in [3.05, 3.63) is 18.3 Å². The first kappa shape index (κ1) is 10.8. The largest absolute Gasteiger partial charge is 0.478 e. The van der Waals surface area contributed by atoms with Gasteiger partial charge < -0.3 is 15.2 Å². The number of nitrogens with two attached hydrogens (primary N) is 1. The zero-order valence-corrected chi connectivity index (χ0v) is 8.56. The molecule has 4 nitrogen and oxygen atoms in total. The predicted octanol–water partition coefficient (Wildman–Crippen LogP) is 1.47. The zero-order valence-electron chi connectivity index (χ0n) is 8.56. The summed E-state index contributed by atoms with van der Waals surface area (Å²) in [6, 6.07) is 3.43. The van der Waals surface area contributed by atoms with Crippen LogP contribution in [0.25, 0.3) is 0 Å². The molecule has 0 aliphatic rings. The molecule has 0 aliphatic carbocycles. The Morgan fingerprint density at radius 3 is 3.00 bits per heavy atom. The molecule has 2 N–H and O–H groups in total. The van der Waals surface area contributed by atoms with Crippen molar-refractivity contribution in [2.75, 3.05) is 19.5 Å². The number of ether oxygens (including phenoxy) is 2. The van der Waals surface area contributed by atoms with E-state index < -0.39 is 0 Å². The number of pyridine rings is 1. The monoisotopic (exact) mass is 196 g/mol. The number of methoxy groups -OCH3 is 1. The smallest absolute Gasteiger partial charge is 0.215 e. The molecule has 1 unspecified atom stereocenters. The number of aromatic nitrogens is 1. The van der Waals surface area contributed by atoms with Crippen molar-refractivity contribution in [3.8, 4) is 5.88 Å². The SMILES string of the molecule is COC(C)CCOc1cc(N)ccn1. The fourth-order valence-corrected chi connectivity index (χ4v) is 0.951. The van der Waals surface area contributed by atoms with Gasteiger partial charge in [-0.05, 0) is 13.0 Å². The Labute approximate surface area is 84.0 Å². The fourth-order valence-electron chi connectivity index (χ4n) is 0.951. The van der Waals surface area contributed by atoms with Gasteiger partial charge in [-0.2, -0.15) is 0 Å². The third-order valence-corrected chi connectivity index (χ3v) is 1.94. The Kier molecular flexibility index (Phi) is 4.19. The minimum atomic E-state index is 0.205. The lowest BCUT2D eigenvalue weighted by atomic mass is 10.3. The summed E-state index contributed by atoms with van der Waals surface area (Å²) in [4.78, 5) is 4.02. The molecule has 0 spiro atoms. The molecule has 0 fully saturated rings. The van der Waals surface area contributed by atoms with Crippen molar-refractivity contribution in [3.63, 3.8) is 0 Å². The summed E-state index contributed by atoms with van der Waals surface area (Å²) in [6.45, 7) is 2.58. The van der Waals surface area contributed by atoms with Crippen LogP contribution in [0.5, 0.6) is 5.88 Å². The van der Waals surface area contributed by atoms with Crippen LogP contribution < -0.4 is 10.5 Å². The number of nitrogens with zero attached hydrogens (tertiary/aromatic N) is 1. The van der Waals surface area contributed by atoms with Crippen LogP contribution in [-0.4, -0.2) is 24.8 Å². The summed E-state index contributed by atoms with van der Waals surface area (Å²) in [5.74, 6) is 0.563. The Hall–Kier alpha value is -1.29. The van der Waals surface area contributed by atoms with Gasteiger partial charge in [0, 0.05) is 31.5 Å². The first-order valence-corrected chi connectivity index (χ1v) is 4.59. The van der Waals surface area contributed by atoms with E-state index in [1.165, 1.54) is 0 Å². The van der Waals surface area contributed by atoms with Crippen LogP contribution in [0.2, 0.25) is 0 Å². The van der Waals surface area contributed by atoms with Crippen LogP contribution in [0.4, 0.5) is 5.69 Å². The van der Waals surface area contributed by atoms with Crippen LogP contribution in [0, 0.1) is 0 Å². The third kappa shape index (κ3) is 3.62. The summed E-state index contributed by atoms with van der Waals surface area (Å²) in [7, 11) is 1.68. The van der Waals surface area contributed by atoms with Crippen molar-refractivity contribution in [2.24, 2.45) is 0 Å². The van der Waals surface area contributed by atoms with Crippen LogP contribution in [0.15, 0.2) is 18.3 Å². The second-order valence-electron chi connectivity index (χ2n) is 3.11. The van der Waals surface area contributed by atoms with Crippen molar-refractivity contribution in [2.45, 2.75) is 19.4 Å². The van der Waals surface area contributed by atoms with E-state index in [9.17, 15) is 0 Å². The third-order valence-electron chi connectivity index (χ3n) is 1.94. The Bertz CT molecular complexity index is 279. The van der Waals surface area contributed by atoms with Gasteiger partial charge >= 0.3 is 0 Å². The summed E-state index contributed by atoms with van der Waals surface area (Å²) in [5, 5.41) is 0. The molecule has 14 heavy (non-hydrogen) atoms. The molecule has 0 saturated carbocycles. The molecule has 0 amide bonds. The summed E-state index contributed by atoms with van der Waals surface area (Å²) >= 11 is 0. The maximum atomic E-state index is 5.57. The summed E-state index contributed by atoms with van der Waals surface area (Å²) < 4.78 is 10.5.